The Balaban J connectivity index is 1.93. The van der Waals surface area contributed by atoms with Crippen molar-refractivity contribution in [3.05, 3.63) is 85.7 Å². The number of nitriles is 1. The van der Waals surface area contributed by atoms with Crippen molar-refractivity contribution in [2.24, 2.45) is 0 Å². The van der Waals surface area contributed by atoms with E-state index in [4.69, 9.17) is 23.2 Å². The molecule has 1 N–H and O–H groups in total. The number of ketones is 1. The SMILES string of the molecule is N#C/C(C(=O)c1ccccc1Cl)=C1/NC(c2ccccc2Cl)=CS1. The first-order valence-electron chi connectivity index (χ1n) is 6.94. The number of benzene rings is 2. The number of carbonyl (C=O) groups is 1. The second-order valence-electron chi connectivity index (χ2n) is 4.88. The lowest BCUT2D eigenvalue weighted by atomic mass is 10.0. The van der Waals surface area contributed by atoms with Gasteiger partial charge in [0.1, 0.15) is 11.6 Å². The van der Waals surface area contributed by atoms with Crippen molar-refractivity contribution < 1.29 is 4.79 Å². The molecule has 0 amide bonds. The van der Waals surface area contributed by atoms with Gasteiger partial charge in [0.2, 0.25) is 5.78 Å². The van der Waals surface area contributed by atoms with Crippen LogP contribution in [0.2, 0.25) is 10.0 Å². The zero-order valence-corrected chi connectivity index (χ0v) is 14.5. The summed E-state index contributed by atoms with van der Waals surface area (Å²) in [6.07, 6.45) is 0. The smallest absolute Gasteiger partial charge is 0.207 e. The summed E-state index contributed by atoms with van der Waals surface area (Å²) >= 11 is 13.5. The molecule has 0 atom stereocenters. The third-order valence-corrected chi connectivity index (χ3v) is 4.95. The highest BCUT2D eigenvalue weighted by Gasteiger charge is 2.23. The molecule has 0 fully saturated rings. The van der Waals surface area contributed by atoms with Crippen LogP contribution in [0.4, 0.5) is 0 Å². The van der Waals surface area contributed by atoms with Gasteiger partial charge in [0, 0.05) is 21.6 Å². The van der Waals surface area contributed by atoms with Crippen LogP contribution in [0, 0.1) is 11.3 Å². The topological polar surface area (TPSA) is 52.9 Å². The number of rotatable bonds is 3. The number of hydrogen-bond donors (Lipinski definition) is 1. The molecule has 0 spiro atoms. The maximum Gasteiger partial charge on any atom is 0.207 e. The Morgan fingerprint density at radius 3 is 2.38 bits per heavy atom. The van der Waals surface area contributed by atoms with Crippen molar-refractivity contribution in [1.82, 2.24) is 5.32 Å². The standard InChI is InChI=1S/C18H10Cl2N2OS/c19-14-7-3-1-5-11(14)16-10-24-18(22-16)13(9-21)17(23)12-6-2-4-8-15(12)20/h1-8,10,22H/b18-13+. The van der Waals surface area contributed by atoms with Crippen LogP contribution in [0.15, 0.2) is 64.5 Å². The molecule has 0 saturated carbocycles. The largest absolute Gasteiger partial charge is 0.348 e. The number of allylic oxidation sites excluding steroid dienone is 1. The van der Waals surface area contributed by atoms with Crippen molar-refractivity contribution >= 4 is 46.4 Å². The minimum atomic E-state index is -0.410. The molecule has 0 saturated heterocycles. The minimum absolute atomic E-state index is 0.0198. The molecule has 24 heavy (non-hydrogen) atoms. The second kappa shape index (κ2) is 7.14. The van der Waals surface area contributed by atoms with Crippen molar-refractivity contribution in [2.75, 3.05) is 0 Å². The van der Waals surface area contributed by atoms with Crippen LogP contribution in [0.5, 0.6) is 0 Å². The molecular weight excluding hydrogens is 363 g/mol. The van der Waals surface area contributed by atoms with Crippen LogP contribution >= 0.6 is 35.0 Å². The van der Waals surface area contributed by atoms with Gasteiger partial charge < -0.3 is 5.32 Å². The van der Waals surface area contributed by atoms with E-state index in [9.17, 15) is 10.1 Å². The lowest BCUT2D eigenvalue weighted by Gasteiger charge is -2.09. The maximum absolute atomic E-state index is 12.6. The quantitative estimate of drug-likeness (QED) is 0.454. The van der Waals surface area contributed by atoms with E-state index in [1.165, 1.54) is 11.8 Å². The summed E-state index contributed by atoms with van der Waals surface area (Å²) in [4.78, 5) is 12.6. The third kappa shape index (κ3) is 3.20. The lowest BCUT2D eigenvalue weighted by molar-refractivity contribution is 0.103. The summed E-state index contributed by atoms with van der Waals surface area (Å²) in [6, 6.07) is 16.0. The Labute approximate surface area is 153 Å². The minimum Gasteiger partial charge on any atom is -0.348 e. The molecule has 0 radical (unpaired) electrons. The third-order valence-electron chi connectivity index (χ3n) is 3.39. The number of nitrogens with zero attached hydrogens (tertiary/aromatic N) is 1. The Kier molecular flexibility index (Phi) is 4.96. The first kappa shape index (κ1) is 16.7. The van der Waals surface area contributed by atoms with Crippen LogP contribution < -0.4 is 5.32 Å². The fraction of sp³-hybridized carbons (Fsp3) is 0. The number of hydrogen-bond acceptors (Lipinski definition) is 4. The molecule has 0 unspecified atom stereocenters. The molecule has 3 rings (SSSR count). The molecule has 118 valence electrons. The highest BCUT2D eigenvalue weighted by molar-refractivity contribution is 8.06. The summed E-state index contributed by atoms with van der Waals surface area (Å²) in [7, 11) is 0. The maximum atomic E-state index is 12.6. The molecule has 1 aliphatic heterocycles. The Hall–Kier alpha value is -2.19. The van der Waals surface area contributed by atoms with Crippen molar-refractivity contribution in [3.63, 3.8) is 0 Å². The van der Waals surface area contributed by atoms with Crippen LogP contribution in [-0.2, 0) is 0 Å². The van der Waals surface area contributed by atoms with Gasteiger partial charge >= 0.3 is 0 Å². The average molecular weight is 373 g/mol. The van der Waals surface area contributed by atoms with Gasteiger partial charge in [-0.15, -0.1) is 0 Å². The van der Waals surface area contributed by atoms with Crippen LogP contribution in [0.25, 0.3) is 5.70 Å². The van der Waals surface area contributed by atoms with Crippen molar-refractivity contribution in [3.8, 4) is 6.07 Å². The zero-order chi connectivity index (χ0) is 17.1. The predicted molar refractivity (Wildman–Crippen MR) is 98.6 cm³/mol. The molecular formula is C18H10Cl2N2OS. The number of thioether (sulfide) groups is 1. The number of halogens is 2. The second-order valence-corrected chi connectivity index (χ2v) is 6.57. The highest BCUT2D eigenvalue weighted by Crippen LogP contribution is 2.35. The highest BCUT2D eigenvalue weighted by atomic mass is 35.5. The fourth-order valence-corrected chi connectivity index (χ4v) is 3.52. The summed E-state index contributed by atoms with van der Waals surface area (Å²) < 4.78 is 0. The van der Waals surface area contributed by atoms with Crippen LogP contribution in [0.1, 0.15) is 15.9 Å². The van der Waals surface area contributed by atoms with Crippen molar-refractivity contribution in [1.29, 1.82) is 5.26 Å². The van der Waals surface area contributed by atoms with E-state index in [0.29, 0.717) is 20.6 Å². The summed E-state index contributed by atoms with van der Waals surface area (Å²) in [5.74, 6) is -0.410. The van der Waals surface area contributed by atoms with Gasteiger partial charge in [-0.3, -0.25) is 4.79 Å². The molecule has 1 aliphatic rings. The Morgan fingerprint density at radius 2 is 1.71 bits per heavy atom. The van der Waals surface area contributed by atoms with E-state index in [1.54, 1.807) is 30.3 Å². The van der Waals surface area contributed by atoms with Gasteiger partial charge in [-0.2, -0.15) is 5.26 Å². The lowest BCUT2D eigenvalue weighted by Crippen LogP contribution is -2.12. The molecule has 0 aromatic heterocycles. The van der Waals surface area contributed by atoms with E-state index in [-0.39, 0.29) is 5.57 Å². The number of carbonyl (C=O) groups excluding carboxylic acids is 1. The van der Waals surface area contributed by atoms with E-state index in [0.717, 1.165) is 11.3 Å². The predicted octanol–water partition coefficient (Wildman–Crippen LogP) is 5.25. The summed E-state index contributed by atoms with van der Waals surface area (Å²) in [6.45, 7) is 0. The molecule has 3 nitrogen and oxygen atoms in total. The van der Waals surface area contributed by atoms with Gasteiger partial charge in [-0.1, -0.05) is 65.3 Å². The van der Waals surface area contributed by atoms with E-state index >= 15 is 0 Å². The molecule has 0 aliphatic carbocycles. The van der Waals surface area contributed by atoms with Crippen molar-refractivity contribution in [2.45, 2.75) is 0 Å². The monoisotopic (exact) mass is 372 g/mol. The first-order chi connectivity index (χ1) is 11.6. The average Bonchev–Trinajstić information content (AvgIpc) is 3.05. The van der Waals surface area contributed by atoms with Crippen LogP contribution in [0.3, 0.4) is 0 Å². The Morgan fingerprint density at radius 1 is 1.04 bits per heavy atom. The fourth-order valence-electron chi connectivity index (χ4n) is 2.22. The summed E-state index contributed by atoms with van der Waals surface area (Å²) in [5, 5.41) is 15.8. The van der Waals surface area contributed by atoms with Gasteiger partial charge in [0.15, 0.2) is 0 Å². The molecule has 0 bridgehead atoms. The van der Waals surface area contributed by atoms with Gasteiger partial charge in [-0.05, 0) is 18.2 Å². The van der Waals surface area contributed by atoms with E-state index < -0.39 is 5.78 Å². The Bertz CT molecular complexity index is 929. The van der Waals surface area contributed by atoms with Gasteiger partial charge in [-0.25, -0.2) is 0 Å². The van der Waals surface area contributed by atoms with Gasteiger partial charge in [0.05, 0.1) is 15.7 Å². The molecule has 1 heterocycles. The normalized spacial score (nSPS) is 15.3. The number of nitrogens with one attached hydrogen (secondary N) is 1. The van der Waals surface area contributed by atoms with Gasteiger partial charge in [0.25, 0.3) is 0 Å². The first-order valence-corrected chi connectivity index (χ1v) is 8.57. The molecule has 2 aromatic rings. The summed E-state index contributed by atoms with van der Waals surface area (Å²) in [5.41, 5.74) is 1.88. The zero-order valence-electron chi connectivity index (χ0n) is 12.2. The van der Waals surface area contributed by atoms with Crippen LogP contribution in [-0.4, -0.2) is 5.78 Å². The van der Waals surface area contributed by atoms with E-state index in [1.807, 2.05) is 29.7 Å². The molecule has 6 heteroatoms. The number of Topliss-reactive ketones (excluding diaryl/α,β-unsaturated/α-hetero) is 1. The molecule has 2 aromatic carbocycles. The van der Waals surface area contributed by atoms with E-state index in [2.05, 4.69) is 5.32 Å².